The number of nitrogens with zero attached hydrogens (tertiary/aromatic N) is 7. The first-order valence-corrected chi connectivity index (χ1v) is 15.0. The van der Waals surface area contributed by atoms with E-state index in [4.69, 9.17) is 20.0 Å². The topological polar surface area (TPSA) is 71.8 Å². The molecule has 3 aromatic rings. The van der Waals surface area contributed by atoms with Crippen LogP contribution >= 0.6 is 0 Å². The van der Waals surface area contributed by atoms with E-state index >= 15 is 0 Å². The first-order valence-electron chi connectivity index (χ1n) is 15.0. The van der Waals surface area contributed by atoms with Crippen molar-refractivity contribution < 1.29 is 4.74 Å². The summed E-state index contributed by atoms with van der Waals surface area (Å²) in [4.78, 5) is 19.4. The summed E-state index contributed by atoms with van der Waals surface area (Å²) in [6.45, 7) is 16.7. The number of anilines is 2. The monoisotopic (exact) mass is 557 g/mol. The van der Waals surface area contributed by atoms with Crippen LogP contribution in [0.25, 0.3) is 10.8 Å². The molecule has 0 N–H and O–H groups in total. The lowest BCUT2D eigenvalue weighted by molar-refractivity contribution is 0.208. The number of methoxy groups -OCH3 is 1. The smallest absolute Gasteiger partial charge is 0.318 e. The van der Waals surface area contributed by atoms with E-state index < -0.39 is 0 Å². The van der Waals surface area contributed by atoms with Gasteiger partial charge in [-0.15, -0.1) is 0 Å². The second-order valence-electron chi connectivity index (χ2n) is 11.4. The van der Waals surface area contributed by atoms with E-state index in [1.807, 2.05) is 0 Å². The molecule has 0 unspecified atom stereocenters. The number of piperazine rings is 1. The molecule has 4 heterocycles. The summed E-state index contributed by atoms with van der Waals surface area (Å²) in [6.07, 6.45) is 3.77. The highest BCUT2D eigenvalue weighted by molar-refractivity contribution is 5.97. The van der Waals surface area contributed by atoms with Crippen molar-refractivity contribution in [1.29, 1.82) is 5.26 Å². The number of hydrogen-bond acceptors (Lipinski definition) is 8. The predicted octanol–water partition coefficient (Wildman–Crippen LogP) is 5.28. The summed E-state index contributed by atoms with van der Waals surface area (Å²) in [7, 11) is 3.84. The van der Waals surface area contributed by atoms with E-state index in [0.29, 0.717) is 12.1 Å². The number of aryl methyl sites for hydroxylation is 1. The molecular weight excluding hydrogens is 510 g/mol. The number of ether oxygens (including phenoxy) is 1. The van der Waals surface area contributed by atoms with Gasteiger partial charge in [0.15, 0.2) is 0 Å². The van der Waals surface area contributed by atoms with Crippen LogP contribution in [0, 0.1) is 18.3 Å². The van der Waals surface area contributed by atoms with Gasteiger partial charge in [0.05, 0.1) is 25.4 Å². The van der Waals surface area contributed by atoms with Crippen LogP contribution < -0.4 is 14.5 Å². The van der Waals surface area contributed by atoms with Gasteiger partial charge < -0.3 is 19.4 Å². The Balaban J connectivity index is 0.000000372. The molecule has 0 aliphatic carbocycles. The molecule has 0 spiro atoms. The summed E-state index contributed by atoms with van der Waals surface area (Å²) >= 11 is 0. The minimum atomic E-state index is 0.473. The fraction of sp³-hybridized carbons (Fsp3) is 0.545. The average molecular weight is 558 g/mol. The average Bonchev–Trinajstić information content (AvgIpc) is 3.47. The summed E-state index contributed by atoms with van der Waals surface area (Å²) < 4.78 is 5.52. The van der Waals surface area contributed by atoms with Gasteiger partial charge in [-0.3, -0.25) is 4.90 Å². The van der Waals surface area contributed by atoms with Gasteiger partial charge in [-0.2, -0.15) is 15.2 Å². The minimum Gasteiger partial charge on any atom is -0.467 e. The van der Waals surface area contributed by atoms with Gasteiger partial charge in [0, 0.05) is 62.3 Å². The minimum absolute atomic E-state index is 0.473. The van der Waals surface area contributed by atoms with Crippen LogP contribution in [0.1, 0.15) is 50.4 Å². The van der Waals surface area contributed by atoms with Crippen molar-refractivity contribution in [3.8, 4) is 12.1 Å². The zero-order valence-corrected chi connectivity index (χ0v) is 25.9. The number of nitriles is 1. The van der Waals surface area contributed by atoms with E-state index in [-0.39, 0.29) is 0 Å². The highest BCUT2D eigenvalue weighted by atomic mass is 16.5. The molecule has 0 radical (unpaired) electrons. The van der Waals surface area contributed by atoms with E-state index in [1.54, 1.807) is 13.2 Å². The number of benzene rings is 2. The third kappa shape index (κ3) is 7.46. The van der Waals surface area contributed by atoms with Gasteiger partial charge in [0.1, 0.15) is 5.82 Å². The maximum Gasteiger partial charge on any atom is 0.318 e. The van der Waals surface area contributed by atoms with Crippen molar-refractivity contribution in [1.82, 2.24) is 19.8 Å². The second-order valence-corrected chi connectivity index (χ2v) is 11.4. The molecule has 3 aliphatic rings. The quantitative estimate of drug-likeness (QED) is 0.429. The number of likely N-dealkylation sites (tertiary alicyclic amines) is 1. The van der Waals surface area contributed by atoms with Gasteiger partial charge >= 0.3 is 6.01 Å². The molecular formula is C33H47N7O. The fourth-order valence-electron chi connectivity index (χ4n) is 6.04. The summed E-state index contributed by atoms with van der Waals surface area (Å²) in [5, 5.41) is 9.95. The first kappa shape index (κ1) is 30.5. The Morgan fingerprint density at radius 3 is 2.15 bits per heavy atom. The molecule has 8 nitrogen and oxygen atoms in total. The van der Waals surface area contributed by atoms with Crippen molar-refractivity contribution in [2.24, 2.45) is 0 Å². The number of aromatic nitrogens is 2. The first-order chi connectivity index (χ1) is 19.9. The summed E-state index contributed by atoms with van der Waals surface area (Å²) in [6, 6.07) is 15.9. The van der Waals surface area contributed by atoms with Gasteiger partial charge in [0.25, 0.3) is 0 Å². The van der Waals surface area contributed by atoms with Crippen molar-refractivity contribution in [2.45, 2.75) is 59.5 Å². The van der Waals surface area contributed by atoms with Crippen molar-refractivity contribution in [2.75, 3.05) is 69.8 Å². The summed E-state index contributed by atoms with van der Waals surface area (Å²) in [5.74, 6) is 1.07. The highest BCUT2D eigenvalue weighted by Crippen LogP contribution is 2.35. The van der Waals surface area contributed by atoms with Crippen molar-refractivity contribution in [3.63, 3.8) is 0 Å². The Morgan fingerprint density at radius 2 is 1.56 bits per heavy atom. The number of rotatable bonds is 4. The van der Waals surface area contributed by atoms with Crippen molar-refractivity contribution in [3.05, 3.63) is 53.2 Å². The maximum absolute atomic E-state index is 7.32. The maximum atomic E-state index is 7.32. The third-order valence-corrected chi connectivity index (χ3v) is 8.31. The molecule has 0 atom stereocenters. The Bertz CT molecular complexity index is 1320. The SMILES string of the molecule is CC#N.CN1CCCC1.COc1nc2c(c(N3CCN(C(C)C)CC3)n1)CCN(c1cccc3cccc(C)c13)C2. The van der Waals surface area contributed by atoms with E-state index in [1.165, 1.54) is 60.4 Å². The molecule has 6 rings (SSSR count). The molecule has 0 saturated carbocycles. The Kier molecular flexibility index (Phi) is 10.8. The van der Waals surface area contributed by atoms with Crippen LogP contribution in [0.5, 0.6) is 6.01 Å². The highest BCUT2D eigenvalue weighted by Gasteiger charge is 2.28. The van der Waals surface area contributed by atoms with Gasteiger partial charge in [-0.1, -0.05) is 30.3 Å². The Hall–Kier alpha value is -3.41. The van der Waals surface area contributed by atoms with E-state index in [0.717, 1.165) is 57.2 Å². The molecule has 41 heavy (non-hydrogen) atoms. The third-order valence-electron chi connectivity index (χ3n) is 8.31. The second kappa shape index (κ2) is 14.5. The van der Waals surface area contributed by atoms with E-state index in [9.17, 15) is 0 Å². The van der Waals surface area contributed by atoms with Gasteiger partial charge in [0.2, 0.25) is 0 Å². The lowest BCUT2D eigenvalue weighted by atomic mass is 9.99. The van der Waals surface area contributed by atoms with Crippen LogP contribution in [-0.2, 0) is 13.0 Å². The van der Waals surface area contributed by atoms with Gasteiger partial charge in [-0.25, -0.2) is 0 Å². The molecule has 0 bridgehead atoms. The largest absolute Gasteiger partial charge is 0.467 e. The summed E-state index contributed by atoms with van der Waals surface area (Å²) in [5.41, 5.74) is 4.98. The molecule has 2 fully saturated rings. The van der Waals surface area contributed by atoms with Crippen molar-refractivity contribution >= 4 is 22.3 Å². The molecule has 1 aromatic heterocycles. The molecule has 3 aliphatic heterocycles. The standard InChI is InChI=1S/C26H33N5O.C5H11N.C2H3N/c1-18(2)29-13-15-30(16-14-29)25-21-11-12-31(17-22(21)27-26(28-25)32-4)23-10-6-9-20-8-5-7-19(3)24(20)23;1-6-4-2-3-5-6;1-2-3/h5-10,18H,11-17H2,1-4H3;2-5H2,1H3;1H3. The molecule has 0 amide bonds. The number of hydrogen-bond donors (Lipinski definition) is 0. The van der Waals surface area contributed by atoms with Crippen LogP contribution in [0.15, 0.2) is 36.4 Å². The van der Waals surface area contributed by atoms with Crippen LogP contribution in [0.4, 0.5) is 11.5 Å². The number of fused-ring (bicyclic) bond motifs is 2. The molecule has 8 heteroatoms. The molecule has 2 aromatic carbocycles. The Labute approximate surface area is 246 Å². The van der Waals surface area contributed by atoms with Gasteiger partial charge in [-0.05, 0) is 77.2 Å². The lowest BCUT2D eigenvalue weighted by Gasteiger charge is -2.39. The van der Waals surface area contributed by atoms with Crippen LogP contribution in [-0.4, -0.2) is 85.8 Å². The fourth-order valence-corrected chi connectivity index (χ4v) is 6.04. The lowest BCUT2D eigenvalue weighted by Crippen LogP contribution is -2.49. The van der Waals surface area contributed by atoms with E-state index in [2.05, 4.69) is 83.8 Å². The van der Waals surface area contributed by atoms with Crippen LogP contribution in [0.3, 0.4) is 0 Å². The van der Waals surface area contributed by atoms with Crippen LogP contribution in [0.2, 0.25) is 0 Å². The molecule has 220 valence electrons. The zero-order valence-electron chi connectivity index (χ0n) is 25.9. The predicted molar refractivity (Wildman–Crippen MR) is 169 cm³/mol. The zero-order chi connectivity index (χ0) is 29.4. The normalized spacial score (nSPS) is 17.3. The molecule has 2 saturated heterocycles. The Morgan fingerprint density at radius 1 is 0.902 bits per heavy atom.